The molecule has 9 nitrogen and oxygen atoms in total. The van der Waals surface area contributed by atoms with Gasteiger partial charge in [0.25, 0.3) is 0 Å². The first-order valence-electron chi connectivity index (χ1n) is 11.9. The maximum atomic E-state index is 15.0. The van der Waals surface area contributed by atoms with E-state index in [1.165, 1.54) is 18.3 Å². The Morgan fingerprint density at radius 1 is 1.05 bits per heavy atom. The molecule has 3 N–H and O–H groups in total. The summed E-state index contributed by atoms with van der Waals surface area (Å²) in [7, 11) is 1.59. The highest BCUT2D eigenvalue weighted by Crippen LogP contribution is 2.35. The normalized spacial score (nSPS) is 12.3. The van der Waals surface area contributed by atoms with Crippen LogP contribution in [0.2, 0.25) is 5.02 Å². The number of hydrogen-bond acceptors (Lipinski definition) is 5. The SMILES string of the molecule is COc1ccc(CN2Cc3c(Oc4ccc(NC(=O)Nc5cccc(Cl)c5)cc4F)ccnc3NC2=O)cc1. The molecule has 5 rings (SSSR count). The number of carbonyl (C=O) groups is 2. The molecule has 1 aliphatic rings. The monoisotopic (exact) mass is 547 g/mol. The molecule has 11 heteroatoms. The second-order valence-corrected chi connectivity index (χ2v) is 9.04. The second kappa shape index (κ2) is 11.3. The zero-order chi connectivity index (χ0) is 27.4. The van der Waals surface area contributed by atoms with Gasteiger partial charge in [-0.25, -0.2) is 19.0 Å². The number of carbonyl (C=O) groups excluding carboxylic acids is 2. The van der Waals surface area contributed by atoms with Crippen molar-refractivity contribution in [2.75, 3.05) is 23.1 Å². The van der Waals surface area contributed by atoms with E-state index in [2.05, 4.69) is 20.9 Å². The lowest BCUT2D eigenvalue weighted by atomic mass is 10.1. The summed E-state index contributed by atoms with van der Waals surface area (Å²) in [6.07, 6.45) is 1.47. The first kappa shape index (κ1) is 25.8. The molecular formula is C28H23ClFN5O4. The summed E-state index contributed by atoms with van der Waals surface area (Å²) in [5.74, 6) is 0.675. The topological polar surface area (TPSA) is 105 Å². The van der Waals surface area contributed by atoms with Crippen molar-refractivity contribution < 1.29 is 23.5 Å². The Morgan fingerprint density at radius 2 is 1.82 bits per heavy atom. The molecule has 1 aromatic heterocycles. The van der Waals surface area contributed by atoms with E-state index in [1.54, 1.807) is 42.3 Å². The minimum Gasteiger partial charge on any atom is -0.497 e. The Hall–Kier alpha value is -4.83. The molecule has 1 aliphatic heterocycles. The summed E-state index contributed by atoms with van der Waals surface area (Å²) in [5, 5.41) is 8.44. The van der Waals surface area contributed by atoms with Crippen LogP contribution in [0.25, 0.3) is 0 Å². The van der Waals surface area contributed by atoms with Crippen LogP contribution in [0, 0.1) is 5.82 Å². The van der Waals surface area contributed by atoms with Crippen LogP contribution in [0.1, 0.15) is 11.1 Å². The van der Waals surface area contributed by atoms with E-state index < -0.39 is 11.8 Å². The number of fused-ring (bicyclic) bond motifs is 1. The molecule has 39 heavy (non-hydrogen) atoms. The quantitative estimate of drug-likeness (QED) is 0.234. The first-order valence-corrected chi connectivity index (χ1v) is 12.2. The van der Waals surface area contributed by atoms with Gasteiger partial charge in [0.2, 0.25) is 0 Å². The van der Waals surface area contributed by atoms with Gasteiger partial charge in [0.15, 0.2) is 11.6 Å². The fourth-order valence-electron chi connectivity index (χ4n) is 3.99. The zero-order valence-electron chi connectivity index (χ0n) is 20.7. The smallest absolute Gasteiger partial charge is 0.323 e. The highest BCUT2D eigenvalue weighted by atomic mass is 35.5. The lowest BCUT2D eigenvalue weighted by Gasteiger charge is -2.29. The molecule has 0 saturated heterocycles. The van der Waals surface area contributed by atoms with Crippen molar-refractivity contribution >= 4 is 40.9 Å². The second-order valence-electron chi connectivity index (χ2n) is 8.61. The van der Waals surface area contributed by atoms with Gasteiger partial charge in [-0.3, -0.25) is 5.32 Å². The number of nitrogens with one attached hydrogen (secondary N) is 3. The molecule has 3 aromatic carbocycles. The molecule has 0 fully saturated rings. The van der Waals surface area contributed by atoms with Gasteiger partial charge in [0, 0.05) is 35.2 Å². The minimum atomic E-state index is -0.684. The maximum Gasteiger partial charge on any atom is 0.323 e. The predicted molar refractivity (Wildman–Crippen MR) is 146 cm³/mol. The number of ether oxygens (including phenoxy) is 2. The van der Waals surface area contributed by atoms with Crippen LogP contribution >= 0.6 is 11.6 Å². The van der Waals surface area contributed by atoms with Crippen molar-refractivity contribution in [3.63, 3.8) is 0 Å². The third kappa shape index (κ3) is 6.19. The van der Waals surface area contributed by atoms with E-state index in [0.29, 0.717) is 34.4 Å². The summed E-state index contributed by atoms with van der Waals surface area (Å²) >= 11 is 5.93. The lowest BCUT2D eigenvalue weighted by molar-refractivity contribution is 0.203. The van der Waals surface area contributed by atoms with Crippen LogP contribution in [-0.2, 0) is 13.1 Å². The Kier molecular flexibility index (Phi) is 7.46. The Morgan fingerprint density at radius 3 is 2.54 bits per heavy atom. The molecule has 198 valence electrons. The van der Waals surface area contributed by atoms with Gasteiger partial charge in [-0.1, -0.05) is 29.8 Å². The average Bonchev–Trinajstić information content (AvgIpc) is 2.91. The van der Waals surface area contributed by atoms with E-state index in [0.717, 1.165) is 17.4 Å². The van der Waals surface area contributed by atoms with Crippen LogP contribution in [0.3, 0.4) is 0 Å². The first-order chi connectivity index (χ1) is 18.9. The van der Waals surface area contributed by atoms with E-state index in [9.17, 15) is 14.0 Å². The summed E-state index contributed by atoms with van der Waals surface area (Å²) in [5.41, 5.74) is 2.24. The minimum absolute atomic E-state index is 0.0530. The molecule has 0 saturated carbocycles. The van der Waals surface area contributed by atoms with Crippen LogP contribution < -0.4 is 25.4 Å². The van der Waals surface area contributed by atoms with Crippen molar-refractivity contribution in [3.05, 3.63) is 101 Å². The molecule has 4 amide bonds. The Balaban J connectivity index is 1.28. The Bertz CT molecular complexity index is 1530. The van der Waals surface area contributed by atoms with Crippen molar-refractivity contribution in [2.24, 2.45) is 0 Å². The average molecular weight is 548 g/mol. The van der Waals surface area contributed by atoms with Crippen LogP contribution in [0.15, 0.2) is 79.0 Å². The third-order valence-electron chi connectivity index (χ3n) is 5.90. The molecule has 2 heterocycles. The van der Waals surface area contributed by atoms with Gasteiger partial charge in [-0.15, -0.1) is 0 Å². The molecule has 0 atom stereocenters. The number of amides is 4. The number of urea groups is 2. The molecule has 0 spiro atoms. The number of nitrogens with zero attached hydrogens (tertiary/aromatic N) is 2. The van der Waals surface area contributed by atoms with Crippen LogP contribution in [0.4, 0.5) is 31.2 Å². The highest BCUT2D eigenvalue weighted by molar-refractivity contribution is 6.30. The highest BCUT2D eigenvalue weighted by Gasteiger charge is 2.27. The van der Waals surface area contributed by atoms with Crippen LogP contribution in [-0.4, -0.2) is 29.1 Å². The maximum absolute atomic E-state index is 15.0. The number of aromatic nitrogens is 1. The van der Waals surface area contributed by atoms with E-state index in [-0.39, 0.29) is 24.0 Å². The van der Waals surface area contributed by atoms with Crippen molar-refractivity contribution in [1.82, 2.24) is 9.88 Å². The van der Waals surface area contributed by atoms with Crippen molar-refractivity contribution in [2.45, 2.75) is 13.1 Å². The number of rotatable bonds is 7. The standard InChI is InChI=1S/C28H23ClFN5O4/c1-38-21-8-5-17(6-9-21)15-35-16-22-24(11-12-31-26(22)34-28(35)37)39-25-10-7-20(14-23(25)30)33-27(36)32-19-4-2-3-18(29)13-19/h2-14H,15-16H2,1H3,(H,31,34,37)(H2,32,33,36). The zero-order valence-corrected chi connectivity index (χ0v) is 21.5. The number of methoxy groups -OCH3 is 1. The van der Waals surface area contributed by atoms with Gasteiger partial charge >= 0.3 is 12.1 Å². The van der Waals surface area contributed by atoms with E-state index in [4.69, 9.17) is 21.1 Å². The van der Waals surface area contributed by atoms with Crippen LogP contribution in [0.5, 0.6) is 17.2 Å². The summed E-state index contributed by atoms with van der Waals surface area (Å²) < 4.78 is 26.0. The summed E-state index contributed by atoms with van der Waals surface area (Å²) in [6.45, 7) is 0.552. The van der Waals surface area contributed by atoms with Gasteiger partial charge in [0.05, 0.1) is 19.2 Å². The third-order valence-corrected chi connectivity index (χ3v) is 6.13. The fraction of sp³-hybridized carbons (Fsp3) is 0.107. The number of benzene rings is 3. The number of hydrogen-bond donors (Lipinski definition) is 3. The molecule has 4 aromatic rings. The molecule has 0 aliphatic carbocycles. The van der Waals surface area contributed by atoms with Gasteiger partial charge in [-0.2, -0.15) is 0 Å². The predicted octanol–water partition coefficient (Wildman–Crippen LogP) is 6.87. The van der Waals surface area contributed by atoms with Crippen molar-refractivity contribution in [1.29, 1.82) is 0 Å². The van der Waals surface area contributed by atoms with Gasteiger partial charge in [-0.05, 0) is 54.1 Å². The van der Waals surface area contributed by atoms with Crippen molar-refractivity contribution in [3.8, 4) is 17.2 Å². The number of halogens is 2. The lowest BCUT2D eigenvalue weighted by Crippen LogP contribution is -2.38. The summed E-state index contributed by atoms with van der Waals surface area (Å²) in [6, 6.07) is 18.9. The van der Waals surface area contributed by atoms with E-state index >= 15 is 0 Å². The Labute approximate surface area is 228 Å². The van der Waals surface area contributed by atoms with Gasteiger partial charge in [0.1, 0.15) is 17.3 Å². The molecule has 0 radical (unpaired) electrons. The molecule has 0 bridgehead atoms. The fourth-order valence-corrected chi connectivity index (χ4v) is 4.18. The molecule has 0 unspecified atom stereocenters. The number of pyridine rings is 1. The van der Waals surface area contributed by atoms with E-state index in [1.807, 2.05) is 24.3 Å². The van der Waals surface area contributed by atoms with Gasteiger partial charge < -0.3 is 25.0 Å². The molecular weight excluding hydrogens is 525 g/mol. The summed E-state index contributed by atoms with van der Waals surface area (Å²) in [4.78, 5) is 30.8. The largest absolute Gasteiger partial charge is 0.497 e. The number of anilines is 3.